The Morgan fingerprint density at radius 2 is 1.03 bits per heavy atom. The minimum absolute atomic E-state index is 0.185. The standard InChI is InChI=1S/C28H21N2O2/c29-30-26(23-17-9-3-10-18-23)27(24-19-11-4-12-20-24)32-28(31)25(21-13-5-1-6-14-21)22-15-7-2-8-16-22/h1-20,25H/q+1/b27-26-. The van der Waals surface area contributed by atoms with Crippen LogP contribution in [-0.2, 0) is 9.53 Å². The monoisotopic (exact) mass is 417 g/mol. The van der Waals surface area contributed by atoms with Crippen LogP contribution in [0.2, 0.25) is 0 Å². The highest BCUT2D eigenvalue weighted by Gasteiger charge is 2.31. The van der Waals surface area contributed by atoms with Gasteiger partial charge in [0.15, 0.2) is 4.98 Å². The molecule has 0 aliphatic rings. The molecule has 0 unspecified atom stereocenters. The molecule has 0 radical (unpaired) electrons. The molecule has 4 nitrogen and oxygen atoms in total. The highest BCUT2D eigenvalue weighted by atomic mass is 16.5. The summed E-state index contributed by atoms with van der Waals surface area (Å²) in [5.74, 6) is -0.897. The van der Waals surface area contributed by atoms with Gasteiger partial charge in [0.2, 0.25) is 11.2 Å². The van der Waals surface area contributed by atoms with Crippen molar-refractivity contribution in [1.82, 2.24) is 0 Å². The van der Waals surface area contributed by atoms with Crippen molar-refractivity contribution in [3.63, 3.8) is 0 Å². The molecular formula is C28H21N2O2+. The molecule has 0 saturated carbocycles. The van der Waals surface area contributed by atoms with Crippen molar-refractivity contribution in [3.8, 4) is 0 Å². The second-order valence-electron chi connectivity index (χ2n) is 7.19. The molecule has 4 aromatic carbocycles. The molecule has 4 heteroatoms. The van der Waals surface area contributed by atoms with Crippen LogP contribution < -0.4 is 0 Å². The Hall–Kier alpha value is -4.49. The Balaban J connectivity index is 1.82. The van der Waals surface area contributed by atoms with Gasteiger partial charge in [0, 0.05) is 5.56 Å². The van der Waals surface area contributed by atoms with E-state index in [1.807, 2.05) is 109 Å². The average molecular weight is 417 g/mol. The van der Waals surface area contributed by atoms with E-state index in [-0.39, 0.29) is 11.5 Å². The first-order chi connectivity index (χ1) is 15.8. The number of rotatable bonds is 6. The quantitative estimate of drug-likeness (QED) is 0.151. The van der Waals surface area contributed by atoms with E-state index in [2.05, 4.69) is 4.98 Å². The third kappa shape index (κ3) is 4.63. The SMILES string of the molecule is N#[N+]/C(=C(\OC(=O)C(c1ccccc1)c1ccccc1)c1ccccc1)c1ccccc1. The molecular weight excluding hydrogens is 396 g/mol. The molecule has 0 atom stereocenters. The molecule has 0 fully saturated rings. The van der Waals surface area contributed by atoms with E-state index in [0.717, 1.165) is 11.1 Å². The smallest absolute Gasteiger partial charge is 0.416 e. The molecule has 0 saturated heterocycles. The molecule has 0 amide bonds. The molecule has 0 aliphatic carbocycles. The predicted molar refractivity (Wildman–Crippen MR) is 126 cm³/mol. The van der Waals surface area contributed by atoms with Crippen LogP contribution in [0.3, 0.4) is 0 Å². The fourth-order valence-corrected chi connectivity index (χ4v) is 3.58. The van der Waals surface area contributed by atoms with E-state index in [1.54, 1.807) is 12.1 Å². The summed E-state index contributed by atoms with van der Waals surface area (Å²) < 4.78 is 6.00. The van der Waals surface area contributed by atoms with Crippen molar-refractivity contribution in [2.75, 3.05) is 0 Å². The second-order valence-corrected chi connectivity index (χ2v) is 7.19. The Morgan fingerprint density at radius 3 is 1.47 bits per heavy atom. The van der Waals surface area contributed by atoms with Crippen LogP contribution >= 0.6 is 0 Å². The van der Waals surface area contributed by atoms with Crippen LogP contribution in [0.25, 0.3) is 16.4 Å². The van der Waals surface area contributed by atoms with Crippen molar-refractivity contribution in [2.24, 2.45) is 0 Å². The normalized spacial score (nSPS) is 11.4. The highest BCUT2D eigenvalue weighted by Crippen LogP contribution is 2.33. The summed E-state index contributed by atoms with van der Waals surface area (Å²) >= 11 is 0. The van der Waals surface area contributed by atoms with E-state index < -0.39 is 11.9 Å². The number of ether oxygens (including phenoxy) is 1. The number of benzene rings is 4. The largest absolute Gasteiger partial charge is 0.434 e. The number of carbonyl (C=O) groups is 1. The van der Waals surface area contributed by atoms with Crippen molar-refractivity contribution in [2.45, 2.75) is 5.92 Å². The summed E-state index contributed by atoms with van der Waals surface area (Å²) in [5, 5.41) is 9.87. The van der Waals surface area contributed by atoms with E-state index in [4.69, 9.17) is 4.74 Å². The van der Waals surface area contributed by atoms with Crippen LogP contribution in [0, 0.1) is 5.39 Å². The summed E-state index contributed by atoms with van der Waals surface area (Å²) in [6, 6.07) is 37.3. The van der Waals surface area contributed by atoms with E-state index >= 15 is 0 Å². The number of esters is 1. The molecule has 0 aromatic heterocycles. The van der Waals surface area contributed by atoms with Gasteiger partial charge in [0.1, 0.15) is 5.92 Å². The van der Waals surface area contributed by atoms with Gasteiger partial charge < -0.3 is 4.74 Å². The van der Waals surface area contributed by atoms with Crippen molar-refractivity contribution in [1.29, 1.82) is 5.39 Å². The van der Waals surface area contributed by atoms with Crippen molar-refractivity contribution in [3.05, 3.63) is 149 Å². The second kappa shape index (κ2) is 10.0. The molecule has 4 aromatic rings. The molecule has 32 heavy (non-hydrogen) atoms. The summed E-state index contributed by atoms with van der Waals surface area (Å²) in [4.78, 5) is 17.1. The van der Waals surface area contributed by atoms with Gasteiger partial charge in [-0.05, 0) is 23.3 Å². The number of hydrogen-bond donors (Lipinski definition) is 0. The maximum Gasteiger partial charge on any atom is 0.434 e. The molecule has 0 heterocycles. The van der Waals surface area contributed by atoms with E-state index in [9.17, 15) is 10.2 Å². The lowest BCUT2D eigenvalue weighted by atomic mass is 9.91. The van der Waals surface area contributed by atoms with Crippen molar-refractivity contribution < 1.29 is 9.53 Å². The number of diazo groups is 1. The minimum Gasteiger partial charge on any atom is -0.416 e. The van der Waals surface area contributed by atoms with Crippen LogP contribution in [0.4, 0.5) is 0 Å². The zero-order chi connectivity index (χ0) is 22.2. The zero-order valence-corrected chi connectivity index (χ0v) is 17.3. The first-order valence-corrected chi connectivity index (χ1v) is 10.3. The Bertz CT molecular complexity index is 1210. The lowest BCUT2D eigenvalue weighted by Gasteiger charge is -2.17. The Labute approximate surface area is 187 Å². The number of nitrogens with zero attached hydrogens (tertiary/aromatic N) is 2. The van der Waals surface area contributed by atoms with Crippen LogP contribution in [0.15, 0.2) is 121 Å². The van der Waals surface area contributed by atoms with Crippen LogP contribution in [0.5, 0.6) is 0 Å². The summed E-state index contributed by atoms with van der Waals surface area (Å²) in [5.41, 5.74) is 3.09. The fourth-order valence-electron chi connectivity index (χ4n) is 3.58. The lowest BCUT2D eigenvalue weighted by Crippen LogP contribution is -2.17. The van der Waals surface area contributed by atoms with E-state index in [1.165, 1.54) is 0 Å². The summed E-state index contributed by atoms with van der Waals surface area (Å²) in [6.07, 6.45) is 0. The van der Waals surface area contributed by atoms with Crippen LogP contribution in [0.1, 0.15) is 28.2 Å². The van der Waals surface area contributed by atoms with Gasteiger partial charge in [-0.15, -0.1) is 0 Å². The first kappa shape index (κ1) is 20.8. The summed E-state index contributed by atoms with van der Waals surface area (Å²) in [6.45, 7) is 0. The zero-order valence-electron chi connectivity index (χ0n) is 17.3. The van der Waals surface area contributed by atoms with Gasteiger partial charge in [-0.1, -0.05) is 109 Å². The molecule has 0 aliphatic heterocycles. The maximum atomic E-state index is 13.6. The third-order valence-corrected chi connectivity index (χ3v) is 5.10. The fraction of sp³-hybridized carbons (Fsp3) is 0.0357. The molecule has 0 bridgehead atoms. The van der Waals surface area contributed by atoms with Gasteiger partial charge in [0.05, 0.1) is 5.56 Å². The maximum absolute atomic E-state index is 13.6. The summed E-state index contributed by atoms with van der Waals surface area (Å²) in [7, 11) is 0. The number of hydrogen-bond acceptors (Lipinski definition) is 3. The van der Waals surface area contributed by atoms with Gasteiger partial charge in [-0.25, -0.2) is 0 Å². The minimum atomic E-state index is -0.633. The Kier molecular flexibility index (Phi) is 6.50. The van der Waals surface area contributed by atoms with Gasteiger partial charge >= 0.3 is 11.7 Å². The van der Waals surface area contributed by atoms with Gasteiger partial charge in [-0.3, -0.25) is 4.79 Å². The topological polar surface area (TPSA) is 54.4 Å². The molecule has 4 rings (SSSR count). The highest BCUT2D eigenvalue weighted by molar-refractivity contribution is 5.96. The van der Waals surface area contributed by atoms with Gasteiger partial charge in [-0.2, -0.15) is 0 Å². The lowest BCUT2D eigenvalue weighted by molar-refractivity contribution is -0.137. The predicted octanol–water partition coefficient (Wildman–Crippen LogP) is 6.74. The molecule has 154 valence electrons. The number of carbonyl (C=O) groups excluding carboxylic acids is 1. The first-order valence-electron chi connectivity index (χ1n) is 10.3. The average Bonchev–Trinajstić information content (AvgIpc) is 2.86. The third-order valence-electron chi connectivity index (χ3n) is 5.10. The van der Waals surface area contributed by atoms with E-state index in [0.29, 0.717) is 11.1 Å². The molecule has 0 spiro atoms. The van der Waals surface area contributed by atoms with Gasteiger partial charge in [0.25, 0.3) is 0 Å². The van der Waals surface area contributed by atoms with Crippen LogP contribution in [-0.4, -0.2) is 5.97 Å². The molecule has 0 N–H and O–H groups in total. The Morgan fingerprint density at radius 1 is 0.625 bits per heavy atom. The van der Waals surface area contributed by atoms with Crippen molar-refractivity contribution >= 4 is 17.4 Å².